The zero-order valence-electron chi connectivity index (χ0n) is 11.6. The van der Waals surface area contributed by atoms with Gasteiger partial charge in [-0.2, -0.15) is 0 Å². The van der Waals surface area contributed by atoms with E-state index in [0.29, 0.717) is 11.7 Å². The molecule has 0 unspecified atom stereocenters. The van der Waals surface area contributed by atoms with E-state index in [9.17, 15) is 4.79 Å². The third-order valence-electron chi connectivity index (χ3n) is 2.88. The van der Waals surface area contributed by atoms with Crippen molar-refractivity contribution in [3.8, 4) is 0 Å². The number of aromatic nitrogens is 3. The van der Waals surface area contributed by atoms with Crippen LogP contribution in [0.2, 0.25) is 0 Å². The fourth-order valence-corrected chi connectivity index (χ4v) is 3.00. The Kier molecular flexibility index (Phi) is 5.81. The Balaban J connectivity index is 2.27. The maximum atomic E-state index is 10.7. The average Bonchev–Trinajstić information content (AvgIpc) is 2.82. The molecule has 1 N–H and O–H groups in total. The number of carbonyl (C=O) groups is 1. The predicted molar refractivity (Wildman–Crippen MR) is 85.6 cm³/mol. The molecule has 2 rings (SSSR count). The quantitative estimate of drug-likeness (QED) is 0.758. The van der Waals surface area contributed by atoms with Crippen LogP contribution in [-0.2, 0) is 17.8 Å². The fourth-order valence-electron chi connectivity index (χ4n) is 1.92. The number of thioether (sulfide) groups is 1. The minimum Gasteiger partial charge on any atom is -0.481 e. The first-order chi connectivity index (χ1) is 10.1. The van der Waals surface area contributed by atoms with Crippen molar-refractivity contribution in [1.82, 2.24) is 14.8 Å². The Hall–Kier alpha value is -1.34. The molecule has 0 spiro atoms. The molecule has 0 amide bonds. The van der Waals surface area contributed by atoms with Crippen LogP contribution in [0.25, 0.3) is 0 Å². The zero-order chi connectivity index (χ0) is 15.2. The van der Waals surface area contributed by atoms with E-state index in [-0.39, 0.29) is 5.75 Å². The molecule has 0 aliphatic heterocycles. The van der Waals surface area contributed by atoms with Crippen molar-refractivity contribution in [3.63, 3.8) is 0 Å². The van der Waals surface area contributed by atoms with Gasteiger partial charge in [-0.25, -0.2) is 0 Å². The minimum atomic E-state index is -0.854. The van der Waals surface area contributed by atoms with Crippen LogP contribution in [-0.4, -0.2) is 31.6 Å². The number of rotatable bonds is 7. The molecule has 0 bridgehead atoms. The third kappa shape index (κ3) is 4.31. The minimum absolute atomic E-state index is 0.0137. The van der Waals surface area contributed by atoms with Crippen molar-refractivity contribution in [3.05, 3.63) is 40.1 Å². The van der Waals surface area contributed by atoms with Crippen molar-refractivity contribution >= 4 is 33.7 Å². The Labute approximate surface area is 135 Å². The number of nitrogens with zero attached hydrogens (tertiary/aromatic N) is 3. The van der Waals surface area contributed by atoms with E-state index in [1.54, 1.807) is 0 Å². The number of benzene rings is 1. The standard InChI is InChI=1S/C14H16BrN3O2S/c1-2-5-12-16-17-14(21-9-13(19)20)18(12)8-10-6-3-4-7-11(10)15/h3-4,6-7H,2,5,8-9H2,1H3,(H,19,20). The Morgan fingerprint density at radius 1 is 1.38 bits per heavy atom. The summed E-state index contributed by atoms with van der Waals surface area (Å²) in [6.45, 7) is 2.72. The molecule has 2 aromatic rings. The van der Waals surface area contributed by atoms with Gasteiger partial charge in [-0.05, 0) is 18.1 Å². The van der Waals surface area contributed by atoms with E-state index in [4.69, 9.17) is 5.11 Å². The van der Waals surface area contributed by atoms with Gasteiger partial charge in [0.2, 0.25) is 0 Å². The summed E-state index contributed by atoms with van der Waals surface area (Å²) >= 11 is 4.74. The van der Waals surface area contributed by atoms with Gasteiger partial charge >= 0.3 is 5.97 Å². The molecule has 0 radical (unpaired) electrons. The fraction of sp³-hybridized carbons (Fsp3) is 0.357. The van der Waals surface area contributed by atoms with Crippen LogP contribution in [0.4, 0.5) is 0 Å². The molecule has 0 saturated heterocycles. The number of aryl methyl sites for hydroxylation is 1. The van der Waals surface area contributed by atoms with Gasteiger partial charge in [0.25, 0.3) is 0 Å². The number of carboxylic acids is 1. The zero-order valence-corrected chi connectivity index (χ0v) is 14.0. The molecule has 112 valence electrons. The highest BCUT2D eigenvalue weighted by atomic mass is 79.9. The van der Waals surface area contributed by atoms with Crippen LogP contribution >= 0.6 is 27.7 Å². The lowest BCUT2D eigenvalue weighted by atomic mass is 10.2. The number of hydrogen-bond donors (Lipinski definition) is 1. The number of carboxylic acid groups (broad SMARTS) is 1. The van der Waals surface area contributed by atoms with Gasteiger partial charge in [-0.15, -0.1) is 10.2 Å². The normalized spacial score (nSPS) is 10.8. The number of halogens is 1. The molecule has 0 atom stereocenters. The van der Waals surface area contributed by atoms with Gasteiger partial charge in [-0.1, -0.05) is 52.8 Å². The lowest BCUT2D eigenvalue weighted by Crippen LogP contribution is -2.08. The second-order valence-corrected chi connectivity index (χ2v) is 6.31. The van der Waals surface area contributed by atoms with Crippen molar-refractivity contribution in [2.45, 2.75) is 31.5 Å². The molecule has 5 nitrogen and oxygen atoms in total. The van der Waals surface area contributed by atoms with Crippen molar-refractivity contribution in [2.24, 2.45) is 0 Å². The molecule has 0 aliphatic carbocycles. The van der Waals surface area contributed by atoms with E-state index in [1.807, 2.05) is 28.8 Å². The lowest BCUT2D eigenvalue weighted by Gasteiger charge is -2.10. The van der Waals surface area contributed by atoms with Gasteiger partial charge in [0.15, 0.2) is 5.16 Å². The highest BCUT2D eigenvalue weighted by molar-refractivity contribution is 9.10. The second-order valence-electron chi connectivity index (χ2n) is 4.51. The first kappa shape index (κ1) is 16.0. The Bertz CT molecular complexity index is 630. The maximum absolute atomic E-state index is 10.7. The lowest BCUT2D eigenvalue weighted by molar-refractivity contribution is -0.133. The molecule has 1 aromatic carbocycles. The number of aliphatic carboxylic acids is 1. The third-order valence-corrected chi connectivity index (χ3v) is 4.60. The highest BCUT2D eigenvalue weighted by Crippen LogP contribution is 2.22. The topological polar surface area (TPSA) is 68.0 Å². The summed E-state index contributed by atoms with van der Waals surface area (Å²) in [7, 11) is 0. The Morgan fingerprint density at radius 3 is 2.81 bits per heavy atom. The molecule has 0 saturated carbocycles. The van der Waals surface area contributed by atoms with Crippen LogP contribution in [0.5, 0.6) is 0 Å². The van der Waals surface area contributed by atoms with E-state index >= 15 is 0 Å². The summed E-state index contributed by atoms with van der Waals surface area (Å²) in [6, 6.07) is 7.97. The molecule has 0 fully saturated rings. The van der Waals surface area contributed by atoms with E-state index in [1.165, 1.54) is 11.8 Å². The number of hydrogen-bond acceptors (Lipinski definition) is 4. The van der Waals surface area contributed by atoms with E-state index < -0.39 is 5.97 Å². The van der Waals surface area contributed by atoms with Gasteiger partial charge in [0, 0.05) is 10.9 Å². The molecule has 1 aromatic heterocycles. The van der Waals surface area contributed by atoms with Crippen molar-refractivity contribution < 1.29 is 9.90 Å². The van der Waals surface area contributed by atoms with Crippen LogP contribution in [0.3, 0.4) is 0 Å². The molecular weight excluding hydrogens is 354 g/mol. The van der Waals surface area contributed by atoms with Gasteiger partial charge in [0.1, 0.15) is 5.82 Å². The monoisotopic (exact) mass is 369 g/mol. The first-order valence-corrected chi connectivity index (χ1v) is 8.39. The summed E-state index contributed by atoms with van der Waals surface area (Å²) in [5.41, 5.74) is 1.12. The van der Waals surface area contributed by atoms with Crippen LogP contribution in [0.1, 0.15) is 24.7 Å². The average molecular weight is 370 g/mol. The van der Waals surface area contributed by atoms with Crippen LogP contribution < -0.4 is 0 Å². The molecular formula is C14H16BrN3O2S. The summed E-state index contributed by atoms with van der Waals surface area (Å²) in [5, 5.41) is 17.8. The van der Waals surface area contributed by atoms with E-state index in [0.717, 1.165) is 28.7 Å². The SMILES string of the molecule is CCCc1nnc(SCC(=O)O)n1Cc1ccccc1Br. The summed E-state index contributed by atoms with van der Waals surface area (Å²) in [6.07, 6.45) is 1.79. The first-order valence-electron chi connectivity index (χ1n) is 6.62. The molecule has 0 aliphatic rings. The van der Waals surface area contributed by atoms with Crippen molar-refractivity contribution in [2.75, 3.05) is 5.75 Å². The summed E-state index contributed by atoms with van der Waals surface area (Å²) in [4.78, 5) is 10.7. The molecule has 1 heterocycles. The summed E-state index contributed by atoms with van der Waals surface area (Å²) < 4.78 is 3.02. The van der Waals surface area contributed by atoms with Crippen molar-refractivity contribution in [1.29, 1.82) is 0 Å². The molecule has 7 heteroatoms. The maximum Gasteiger partial charge on any atom is 0.313 e. The van der Waals surface area contributed by atoms with Gasteiger partial charge in [0.05, 0.1) is 12.3 Å². The highest BCUT2D eigenvalue weighted by Gasteiger charge is 2.14. The predicted octanol–water partition coefficient (Wildman–Crippen LogP) is 3.22. The Morgan fingerprint density at radius 2 is 2.14 bits per heavy atom. The smallest absolute Gasteiger partial charge is 0.313 e. The van der Waals surface area contributed by atoms with Crippen LogP contribution in [0.15, 0.2) is 33.9 Å². The second kappa shape index (κ2) is 7.61. The van der Waals surface area contributed by atoms with Gasteiger partial charge in [-0.3, -0.25) is 4.79 Å². The van der Waals surface area contributed by atoms with Crippen LogP contribution in [0, 0.1) is 0 Å². The summed E-state index contributed by atoms with van der Waals surface area (Å²) in [5.74, 6) is 0.0221. The molecule has 21 heavy (non-hydrogen) atoms. The largest absolute Gasteiger partial charge is 0.481 e. The van der Waals surface area contributed by atoms with E-state index in [2.05, 4.69) is 33.1 Å². The van der Waals surface area contributed by atoms with Gasteiger partial charge < -0.3 is 9.67 Å².